The number of nitrogens with one attached hydrogen (secondary N) is 1. The topological polar surface area (TPSA) is 33.1 Å². The van der Waals surface area contributed by atoms with Crippen LogP contribution in [0.3, 0.4) is 0 Å². The first kappa shape index (κ1) is 13.4. The van der Waals surface area contributed by atoms with Gasteiger partial charge in [0.25, 0.3) is 0 Å². The SMILES string of the molecule is Cc1cn(CC(C)C)c(NCCN(C)C2CC2)n1. The van der Waals surface area contributed by atoms with Crippen molar-refractivity contribution in [1.82, 2.24) is 14.5 Å². The largest absolute Gasteiger partial charge is 0.354 e. The van der Waals surface area contributed by atoms with E-state index in [1.807, 2.05) is 0 Å². The molecular weight excluding hydrogens is 224 g/mol. The van der Waals surface area contributed by atoms with Gasteiger partial charge in [-0.2, -0.15) is 0 Å². The Morgan fingerprint density at radius 3 is 2.83 bits per heavy atom. The molecule has 1 saturated carbocycles. The van der Waals surface area contributed by atoms with Crippen molar-refractivity contribution in [2.45, 2.75) is 46.2 Å². The normalized spacial score (nSPS) is 15.7. The molecule has 0 aromatic carbocycles. The second-order valence-electron chi connectivity index (χ2n) is 5.89. The maximum atomic E-state index is 4.55. The van der Waals surface area contributed by atoms with Crippen LogP contribution < -0.4 is 5.32 Å². The molecule has 0 spiro atoms. The zero-order chi connectivity index (χ0) is 13.1. The van der Waals surface area contributed by atoms with Crippen molar-refractivity contribution in [3.05, 3.63) is 11.9 Å². The quantitative estimate of drug-likeness (QED) is 0.806. The lowest BCUT2D eigenvalue weighted by molar-refractivity contribution is 0.336. The van der Waals surface area contributed by atoms with Crippen molar-refractivity contribution in [1.29, 1.82) is 0 Å². The van der Waals surface area contributed by atoms with Crippen LogP contribution in [0, 0.1) is 12.8 Å². The van der Waals surface area contributed by atoms with E-state index in [1.165, 1.54) is 12.8 Å². The van der Waals surface area contributed by atoms with E-state index in [0.29, 0.717) is 5.92 Å². The first-order valence-corrected chi connectivity index (χ1v) is 7.04. The van der Waals surface area contributed by atoms with Gasteiger partial charge in [0, 0.05) is 31.9 Å². The highest BCUT2D eigenvalue weighted by atomic mass is 15.2. The average molecular weight is 250 g/mol. The van der Waals surface area contributed by atoms with E-state index < -0.39 is 0 Å². The van der Waals surface area contributed by atoms with E-state index >= 15 is 0 Å². The number of aryl methyl sites for hydroxylation is 1. The van der Waals surface area contributed by atoms with Gasteiger partial charge in [-0.25, -0.2) is 4.98 Å². The Morgan fingerprint density at radius 1 is 1.50 bits per heavy atom. The van der Waals surface area contributed by atoms with Gasteiger partial charge in [-0.3, -0.25) is 0 Å². The van der Waals surface area contributed by atoms with Gasteiger partial charge in [0.2, 0.25) is 5.95 Å². The van der Waals surface area contributed by atoms with Crippen LogP contribution in [0.2, 0.25) is 0 Å². The summed E-state index contributed by atoms with van der Waals surface area (Å²) >= 11 is 0. The summed E-state index contributed by atoms with van der Waals surface area (Å²) in [4.78, 5) is 6.99. The maximum Gasteiger partial charge on any atom is 0.203 e. The number of aromatic nitrogens is 2. The van der Waals surface area contributed by atoms with Crippen LogP contribution in [-0.4, -0.2) is 40.6 Å². The monoisotopic (exact) mass is 250 g/mol. The van der Waals surface area contributed by atoms with Crippen LogP contribution in [-0.2, 0) is 6.54 Å². The molecule has 1 aromatic rings. The highest BCUT2D eigenvalue weighted by Crippen LogP contribution is 2.24. The van der Waals surface area contributed by atoms with Gasteiger partial charge in [0.1, 0.15) is 0 Å². The van der Waals surface area contributed by atoms with E-state index in [-0.39, 0.29) is 0 Å². The lowest BCUT2D eigenvalue weighted by Gasteiger charge is -2.17. The second kappa shape index (κ2) is 5.74. The number of likely N-dealkylation sites (N-methyl/N-ethyl adjacent to an activating group) is 1. The molecule has 1 aliphatic rings. The van der Waals surface area contributed by atoms with Gasteiger partial charge in [0.05, 0.1) is 5.69 Å². The molecular formula is C14H26N4. The summed E-state index contributed by atoms with van der Waals surface area (Å²) in [5.41, 5.74) is 1.09. The minimum absolute atomic E-state index is 0.647. The van der Waals surface area contributed by atoms with Crippen molar-refractivity contribution in [3.63, 3.8) is 0 Å². The maximum absolute atomic E-state index is 4.55. The molecule has 0 bridgehead atoms. The molecule has 1 heterocycles. The molecule has 1 N–H and O–H groups in total. The standard InChI is InChI=1S/C14H26N4/c1-11(2)9-18-10-12(3)16-14(18)15-7-8-17(4)13-5-6-13/h10-11,13H,5-9H2,1-4H3,(H,15,16). The summed E-state index contributed by atoms with van der Waals surface area (Å²) in [5, 5.41) is 3.46. The predicted molar refractivity (Wildman–Crippen MR) is 75.9 cm³/mol. The van der Waals surface area contributed by atoms with E-state index in [4.69, 9.17) is 0 Å². The van der Waals surface area contributed by atoms with Crippen molar-refractivity contribution in [2.75, 3.05) is 25.5 Å². The van der Waals surface area contributed by atoms with E-state index in [0.717, 1.165) is 37.3 Å². The Kier molecular flexibility index (Phi) is 4.27. The molecule has 0 atom stereocenters. The summed E-state index contributed by atoms with van der Waals surface area (Å²) in [6.45, 7) is 9.62. The van der Waals surface area contributed by atoms with Crippen LogP contribution >= 0.6 is 0 Å². The predicted octanol–water partition coefficient (Wildman–Crippen LogP) is 2.35. The third-order valence-electron chi connectivity index (χ3n) is 3.38. The van der Waals surface area contributed by atoms with Gasteiger partial charge < -0.3 is 14.8 Å². The Morgan fingerprint density at radius 2 is 2.22 bits per heavy atom. The molecule has 1 fully saturated rings. The number of nitrogens with zero attached hydrogens (tertiary/aromatic N) is 3. The van der Waals surface area contributed by atoms with Crippen LogP contribution in [0.25, 0.3) is 0 Å². The number of rotatable bonds is 7. The Balaban J connectivity index is 1.83. The van der Waals surface area contributed by atoms with Crippen molar-refractivity contribution >= 4 is 5.95 Å². The van der Waals surface area contributed by atoms with Gasteiger partial charge in [-0.15, -0.1) is 0 Å². The van der Waals surface area contributed by atoms with Gasteiger partial charge in [0.15, 0.2) is 0 Å². The molecule has 0 aliphatic heterocycles. The van der Waals surface area contributed by atoms with Crippen molar-refractivity contribution in [2.24, 2.45) is 5.92 Å². The third-order valence-corrected chi connectivity index (χ3v) is 3.38. The number of imidazole rings is 1. The molecule has 1 aromatic heterocycles. The highest BCUT2D eigenvalue weighted by Gasteiger charge is 2.25. The number of hydrogen-bond donors (Lipinski definition) is 1. The Hall–Kier alpha value is -1.03. The molecule has 102 valence electrons. The first-order valence-electron chi connectivity index (χ1n) is 7.04. The molecule has 1 aliphatic carbocycles. The number of anilines is 1. The lowest BCUT2D eigenvalue weighted by Crippen LogP contribution is -2.27. The minimum atomic E-state index is 0.647. The number of hydrogen-bond acceptors (Lipinski definition) is 3. The fraction of sp³-hybridized carbons (Fsp3) is 0.786. The smallest absolute Gasteiger partial charge is 0.203 e. The molecule has 0 radical (unpaired) electrons. The van der Waals surface area contributed by atoms with Crippen LogP contribution in [0.15, 0.2) is 6.20 Å². The highest BCUT2D eigenvalue weighted by molar-refractivity contribution is 5.28. The average Bonchev–Trinajstić information content (AvgIpc) is 3.05. The first-order chi connectivity index (χ1) is 8.56. The van der Waals surface area contributed by atoms with Crippen molar-refractivity contribution in [3.8, 4) is 0 Å². The molecule has 2 rings (SSSR count). The lowest BCUT2D eigenvalue weighted by atomic mass is 10.2. The fourth-order valence-electron chi connectivity index (χ4n) is 2.26. The van der Waals surface area contributed by atoms with Crippen LogP contribution in [0.4, 0.5) is 5.95 Å². The minimum Gasteiger partial charge on any atom is -0.354 e. The van der Waals surface area contributed by atoms with Crippen LogP contribution in [0.5, 0.6) is 0 Å². The molecule has 4 nitrogen and oxygen atoms in total. The molecule has 18 heavy (non-hydrogen) atoms. The Labute approximate surface area is 110 Å². The summed E-state index contributed by atoms with van der Waals surface area (Å²) in [5.74, 6) is 1.67. The van der Waals surface area contributed by atoms with Gasteiger partial charge in [-0.1, -0.05) is 13.8 Å². The zero-order valence-corrected chi connectivity index (χ0v) is 12.1. The summed E-state index contributed by atoms with van der Waals surface area (Å²) in [6, 6.07) is 0.837. The molecule has 0 amide bonds. The van der Waals surface area contributed by atoms with E-state index in [9.17, 15) is 0 Å². The van der Waals surface area contributed by atoms with Gasteiger partial charge >= 0.3 is 0 Å². The van der Waals surface area contributed by atoms with E-state index in [1.54, 1.807) is 0 Å². The summed E-state index contributed by atoms with van der Waals surface area (Å²) < 4.78 is 2.23. The Bertz CT molecular complexity index is 379. The molecule has 0 unspecified atom stereocenters. The van der Waals surface area contributed by atoms with Crippen LogP contribution in [0.1, 0.15) is 32.4 Å². The zero-order valence-electron chi connectivity index (χ0n) is 12.1. The van der Waals surface area contributed by atoms with E-state index in [2.05, 4.69) is 53.8 Å². The molecule has 0 saturated heterocycles. The van der Waals surface area contributed by atoms with Crippen molar-refractivity contribution < 1.29 is 0 Å². The fourth-order valence-corrected chi connectivity index (χ4v) is 2.26. The second-order valence-corrected chi connectivity index (χ2v) is 5.89. The third kappa shape index (κ3) is 3.73. The molecule has 4 heteroatoms. The summed E-state index contributed by atoms with van der Waals surface area (Å²) in [6.07, 6.45) is 4.88. The van der Waals surface area contributed by atoms with Gasteiger partial charge in [-0.05, 0) is 32.7 Å². The summed E-state index contributed by atoms with van der Waals surface area (Å²) in [7, 11) is 2.21.